The second-order valence-electron chi connectivity index (χ2n) is 3.57. The molecule has 1 saturated heterocycles. The van der Waals surface area contributed by atoms with Gasteiger partial charge in [-0.25, -0.2) is 8.78 Å². The molecule has 86 valence electrons. The van der Waals surface area contributed by atoms with Crippen LogP contribution in [0.25, 0.3) is 0 Å². The Bertz CT molecular complexity index is 405. The molecular formula is C11H11F2NOS. The lowest BCUT2D eigenvalue weighted by Gasteiger charge is -2.21. The molecule has 1 fully saturated rings. The Balaban J connectivity index is 2.19. The Kier molecular flexibility index (Phi) is 3.56. The molecule has 2 rings (SSSR count). The molecule has 0 radical (unpaired) electrons. The lowest BCUT2D eigenvalue weighted by Crippen LogP contribution is -2.43. The zero-order chi connectivity index (χ0) is 11.5. The summed E-state index contributed by atoms with van der Waals surface area (Å²) in [6, 6.07) is 2.68. The fraction of sp³-hybridized carbons (Fsp3) is 0.364. The Hall–Kier alpha value is -0.940. The van der Waals surface area contributed by atoms with Crippen molar-refractivity contribution in [3.05, 3.63) is 35.4 Å². The molecule has 16 heavy (non-hydrogen) atoms. The number of rotatable bonds is 2. The molecule has 2 nitrogen and oxygen atoms in total. The van der Waals surface area contributed by atoms with Gasteiger partial charge >= 0.3 is 0 Å². The second-order valence-corrected chi connectivity index (χ2v) is 4.72. The van der Waals surface area contributed by atoms with Crippen LogP contribution in [0.4, 0.5) is 8.78 Å². The Labute approximate surface area is 96.4 Å². The zero-order valence-electron chi connectivity index (χ0n) is 8.50. The first-order valence-corrected chi connectivity index (χ1v) is 6.14. The number of thioether (sulfide) groups is 1. The third-order valence-corrected chi connectivity index (χ3v) is 3.50. The largest absolute Gasteiger partial charge is 0.306 e. The maximum atomic E-state index is 13.4. The Morgan fingerprint density at radius 3 is 2.88 bits per heavy atom. The van der Waals surface area contributed by atoms with E-state index in [1.807, 2.05) is 0 Å². The van der Waals surface area contributed by atoms with Crippen molar-refractivity contribution in [1.29, 1.82) is 0 Å². The van der Waals surface area contributed by atoms with Crippen LogP contribution >= 0.6 is 11.8 Å². The Morgan fingerprint density at radius 2 is 2.25 bits per heavy atom. The number of halogens is 2. The molecule has 0 aliphatic carbocycles. The highest BCUT2D eigenvalue weighted by Gasteiger charge is 2.24. The standard InChI is InChI=1S/C11H11F2NOS/c12-7-1-2-8(9(13)5-7)11(15)10-6-16-4-3-14-10/h1-2,5,10,14H,3-4,6H2. The van der Waals surface area contributed by atoms with Crippen molar-refractivity contribution in [1.82, 2.24) is 5.32 Å². The van der Waals surface area contributed by atoms with Crippen LogP contribution in [0.15, 0.2) is 18.2 Å². The molecule has 1 aromatic rings. The van der Waals surface area contributed by atoms with Crippen LogP contribution < -0.4 is 5.32 Å². The van der Waals surface area contributed by atoms with Crippen LogP contribution in [0, 0.1) is 11.6 Å². The number of carbonyl (C=O) groups is 1. The third-order valence-electron chi connectivity index (χ3n) is 2.43. The summed E-state index contributed by atoms with van der Waals surface area (Å²) in [6.45, 7) is 0.740. The molecule has 1 N–H and O–H groups in total. The normalized spacial score (nSPS) is 20.8. The molecule has 0 amide bonds. The Morgan fingerprint density at radius 1 is 1.44 bits per heavy atom. The summed E-state index contributed by atoms with van der Waals surface area (Å²) < 4.78 is 26.0. The second kappa shape index (κ2) is 4.93. The highest BCUT2D eigenvalue weighted by molar-refractivity contribution is 7.99. The van der Waals surface area contributed by atoms with Gasteiger partial charge in [-0.2, -0.15) is 11.8 Å². The number of hydrogen-bond donors (Lipinski definition) is 1. The summed E-state index contributed by atoms with van der Waals surface area (Å²) in [6.07, 6.45) is 0. The molecule has 0 bridgehead atoms. The van der Waals surface area contributed by atoms with E-state index in [-0.39, 0.29) is 17.4 Å². The van der Waals surface area contributed by atoms with Crippen molar-refractivity contribution in [3.8, 4) is 0 Å². The van der Waals surface area contributed by atoms with Gasteiger partial charge < -0.3 is 5.32 Å². The molecule has 1 heterocycles. The van der Waals surface area contributed by atoms with E-state index in [0.29, 0.717) is 5.75 Å². The fourth-order valence-electron chi connectivity index (χ4n) is 1.61. The van der Waals surface area contributed by atoms with E-state index in [9.17, 15) is 13.6 Å². The predicted molar refractivity (Wildman–Crippen MR) is 59.8 cm³/mol. The van der Waals surface area contributed by atoms with Crippen LogP contribution in [-0.4, -0.2) is 29.9 Å². The minimum atomic E-state index is -0.789. The maximum absolute atomic E-state index is 13.4. The lowest BCUT2D eigenvalue weighted by molar-refractivity contribution is 0.0949. The predicted octanol–water partition coefficient (Wildman–Crippen LogP) is 1.85. The average Bonchev–Trinajstić information content (AvgIpc) is 2.29. The van der Waals surface area contributed by atoms with Gasteiger partial charge in [-0.3, -0.25) is 4.79 Å². The van der Waals surface area contributed by atoms with E-state index in [2.05, 4.69) is 5.32 Å². The molecule has 0 spiro atoms. The molecule has 1 atom stereocenters. The number of Topliss-reactive ketones (excluding diaryl/α,β-unsaturated/α-hetero) is 1. The van der Waals surface area contributed by atoms with Crippen molar-refractivity contribution < 1.29 is 13.6 Å². The topological polar surface area (TPSA) is 29.1 Å². The van der Waals surface area contributed by atoms with Gasteiger partial charge in [0, 0.05) is 24.1 Å². The molecular weight excluding hydrogens is 232 g/mol. The minimum absolute atomic E-state index is 0.0404. The average molecular weight is 243 g/mol. The number of benzene rings is 1. The lowest BCUT2D eigenvalue weighted by atomic mass is 10.0. The van der Waals surface area contributed by atoms with Crippen LogP contribution in [0.2, 0.25) is 0 Å². The van der Waals surface area contributed by atoms with E-state index >= 15 is 0 Å². The quantitative estimate of drug-likeness (QED) is 0.804. The first kappa shape index (κ1) is 11.5. The van der Waals surface area contributed by atoms with Gasteiger partial charge in [0.05, 0.1) is 11.6 Å². The molecule has 1 aromatic carbocycles. The molecule has 0 aromatic heterocycles. The smallest absolute Gasteiger partial charge is 0.183 e. The number of nitrogens with one attached hydrogen (secondary N) is 1. The minimum Gasteiger partial charge on any atom is -0.306 e. The number of ketones is 1. The number of hydrogen-bond acceptors (Lipinski definition) is 3. The van der Waals surface area contributed by atoms with E-state index in [4.69, 9.17) is 0 Å². The summed E-state index contributed by atoms with van der Waals surface area (Å²) in [4.78, 5) is 11.9. The molecule has 5 heteroatoms. The summed E-state index contributed by atoms with van der Waals surface area (Å²) in [7, 11) is 0. The van der Waals surface area contributed by atoms with Crippen molar-refractivity contribution in [2.45, 2.75) is 6.04 Å². The highest BCUT2D eigenvalue weighted by atomic mass is 32.2. The van der Waals surface area contributed by atoms with E-state index < -0.39 is 11.6 Å². The highest BCUT2D eigenvalue weighted by Crippen LogP contribution is 2.16. The summed E-state index contributed by atoms with van der Waals surface area (Å²) in [5.41, 5.74) is -0.0404. The van der Waals surface area contributed by atoms with Crippen molar-refractivity contribution >= 4 is 17.5 Å². The monoisotopic (exact) mass is 243 g/mol. The van der Waals surface area contributed by atoms with Gasteiger partial charge in [0.2, 0.25) is 0 Å². The summed E-state index contributed by atoms with van der Waals surface area (Å²) in [5.74, 6) is -0.169. The van der Waals surface area contributed by atoms with Gasteiger partial charge in [0.25, 0.3) is 0 Å². The molecule has 0 saturated carbocycles. The summed E-state index contributed by atoms with van der Waals surface area (Å²) >= 11 is 1.66. The van der Waals surface area contributed by atoms with E-state index in [1.54, 1.807) is 11.8 Å². The maximum Gasteiger partial charge on any atom is 0.183 e. The molecule has 1 unspecified atom stereocenters. The molecule has 1 aliphatic heterocycles. The molecule has 1 aliphatic rings. The van der Waals surface area contributed by atoms with Crippen LogP contribution in [0.3, 0.4) is 0 Å². The van der Waals surface area contributed by atoms with Crippen molar-refractivity contribution in [2.75, 3.05) is 18.1 Å². The van der Waals surface area contributed by atoms with Gasteiger partial charge in [-0.1, -0.05) is 0 Å². The van der Waals surface area contributed by atoms with Crippen LogP contribution in [-0.2, 0) is 0 Å². The summed E-state index contributed by atoms with van der Waals surface area (Å²) in [5, 5.41) is 3.03. The van der Waals surface area contributed by atoms with Gasteiger partial charge in [-0.15, -0.1) is 0 Å². The van der Waals surface area contributed by atoms with Crippen molar-refractivity contribution in [2.24, 2.45) is 0 Å². The van der Waals surface area contributed by atoms with E-state index in [0.717, 1.165) is 24.4 Å². The van der Waals surface area contributed by atoms with Crippen LogP contribution in [0.1, 0.15) is 10.4 Å². The van der Waals surface area contributed by atoms with Gasteiger partial charge in [0.15, 0.2) is 5.78 Å². The fourth-order valence-corrected chi connectivity index (χ4v) is 2.54. The van der Waals surface area contributed by atoms with E-state index in [1.165, 1.54) is 6.07 Å². The van der Waals surface area contributed by atoms with Crippen LogP contribution in [0.5, 0.6) is 0 Å². The third kappa shape index (κ3) is 2.41. The zero-order valence-corrected chi connectivity index (χ0v) is 9.32. The first-order chi connectivity index (χ1) is 7.68. The SMILES string of the molecule is O=C(c1ccc(F)cc1F)C1CSCCN1. The van der Waals surface area contributed by atoms with Gasteiger partial charge in [-0.05, 0) is 12.1 Å². The van der Waals surface area contributed by atoms with Crippen molar-refractivity contribution in [3.63, 3.8) is 0 Å². The number of carbonyl (C=O) groups excluding carboxylic acids is 1. The van der Waals surface area contributed by atoms with Gasteiger partial charge in [0.1, 0.15) is 11.6 Å². The first-order valence-electron chi connectivity index (χ1n) is 4.99.